The molecule has 1 aromatic heterocycles. The Bertz CT molecular complexity index is 979. The number of aryl methyl sites for hydroxylation is 1. The van der Waals surface area contributed by atoms with Gasteiger partial charge in [-0.3, -0.25) is 4.79 Å². The minimum atomic E-state index is -3.84. The van der Waals surface area contributed by atoms with Gasteiger partial charge in [0.05, 0.1) is 11.1 Å². The lowest BCUT2D eigenvalue weighted by atomic mass is 10.1. The van der Waals surface area contributed by atoms with Crippen LogP contribution in [0.5, 0.6) is 0 Å². The van der Waals surface area contributed by atoms with Crippen LogP contribution in [0.3, 0.4) is 0 Å². The maximum absolute atomic E-state index is 13.3. The second kappa shape index (κ2) is 7.76. The van der Waals surface area contributed by atoms with Gasteiger partial charge in [0, 0.05) is 27.0 Å². The number of amides is 1. The number of thiophene rings is 1. The zero-order chi connectivity index (χ0) is 19.9. The summed E-state index contributed by atoms with van der Waals surface area (Å²) in [7, 11) is -2.49. The Labute approximate surface area is 174 Å². The van der Waals surface area contributed by atoms with E-state index >= 15 is 0 Å². The zero-order valence-corrected chi connectivity index (χ0v) is 18.3. The molecule has 0 bridgehead atoms. The number of benzene rings is 1. The first kappa shape index (κ1) is 20.7. The van der Waals surface area contributed by atoms with Crippen molar-refractivity contribution in [2.24, 2.45) is 0 Å². The van der Waals surface area contributed by atoms with Crippen LogP contribution in [0.1, 0.15) is 22.2 Å². The molecule has 2 atom stereocenters. The molecular weight excluding hydrogens is 481 g/mol. The molecule has 146 valence electrons. The molecule has 2 unspecified atom stereocenters. The van der Waals surface area contributed by atoms with Crippen molar-refractivity contribution in [1.82, 2.24) is 9.03 Å². The molecule has 0 spiro atoms. The first-order valence-corrected chi connectivity index (χ1v) is 11.3. The van der Waals surface area contributed by atoms with Crippen molar-refractivity contribution in [2.45, 2.75) is 25.4 Å². The summed E-state index contributed by atoms with van der Waals surface area (Å²) in [6.07, 6.45) is 0.253. The van der Waals surface area contributed by atoms with Gasteiger partial charge in [-0.05, 0) is 53.5 Å². The van der Waals surface area contributed by atoms with Gasteiger partial charge in [0.1, 0.15) is 11.9 Å². The van der Waals surface area contributed by atoms with E-state index in [0.717, 1.165) is 24.6 Å². The quantitative estimate of drug-likeness (QED) is 0.678. The molecule has 6 nitrogen and oxygen atoms in total. The third kappa shape index (κ3) is 4.36. The summed E-state index contributed by atoms with van der Waals surface area (Å²) in [6, 6.07) is 4.19. The summed E-state index contributed by atoms with van der Waals surface area (Å²) >= 11 is 10.6. The molecule has 2 N–H and O–H groups in total. The molecule has 27 heavy (non-hydrogen) atoms. The van der Waals surface area contributed by atoms with E-state index in [-0.39, 0.29) is 11.4 Å². The van der Waals surface area contributed by atoms with Gasteiger partial charge in [-0.2, -0.15) is 17.4 Å². The highest BCUT2D eigenvalue weighted by atomic mass is 79.9. The number of carbonyl (C=O) groups is 1. The average Bonchev–Trinajstić information content (AvgIpc) is 2.92. The zero-order valence-electron chi connectivity index (χ0n) is 14.3. The summed E-state index contributed by atoms with van der Waals surface area (Å²) in [5.74, 6) is -1.11. The molecule has 1 saturated heterocycles. The summed E-state index contributed by atoms with van der Waals surface area (Å²) in [6.45, 7) is 1.92. The third-order valence-corrected chi connectivity index (χ3v) is 8.41. The Morgan fingerprint density at radius 2 is 2.15 bits per heavy atom. The number of rotatable bonds is 3. The van der Waals surface area contributed by atoms with Gasteiger partial charge < -0.3 is 5.32 Å². The van der Waals surface area contributed by atoms with Gasteiger partial charge in [-0.1, -0.05) is 11.6 Å². The second-order valence-electron chi connectivity index (χ2n) is 6.11. The average molecular weight is 497 g/mol. The molecule has 1 aliphatic rings. The van der Waals surface area contributed by atoms with Gasteiger partial charge in [0.25, 0.3) is 10.2 Å². The first-order valence-electron chi connectivity index (χ1n) is 7.85. The lowest BCUT2D eigenvalue weighted by molar-refractivity contribution is -0.120. The lowest BCUT2D eigenvalue weighted by Gasteiger charge is -2.35. The minimum absolute atomic E-state index is 0.129. The van der Waals surface area contributed by atoms with Crippen molar-refractivity contribution >= 4 is 60.7 Å². The van der Waals surface area contributed by atoms with Crippen LogP contribution in [0, 0.1) is 12.7 Å². The van der Waals surface area contributed by atoms with E-state index in [0.29, 0.717) is 5.69 Å². The Morgan fingerprint density at radius 1 is 1.44 bits per heavy atom. The predicted octanol–water partition coefficient (Wildman–Crippen LogP) is 3.83. The maximum Gasteiger partial charge on any atom is 0.280 e. The van der Waals surface area contributed by atoms with E-state index in [1.54, 1.807) is 0 Å². The summed E-state index contributed by atoms with van der Waals surface area (Å²) in [5, 5.41) is 2.48. The number of hydrogen-bond donors (Lipinski definition) is 2. The van der Waals surface area contributed by atoms with Crippen LogP contribution in [-0.4, -0.2) is 31.7 Å². The van der Waals surface area contributed by atoms with Crippen LogP contribution in [0.2, 0.25) is 5.02 Å². The largest absolute Gasteiger partial charge is 0.325 e. The molecule has 1 amide bonds. The van der Waals surface area contributed by atoms with Crippen LogP contribution >= 0.6 is 38.9 Å². The topological polar surface area (TPSA) is 78.5 Å². The van der Waals surface area contributed by atoms with E-state index in [9.17, 15) is 17.6 Å². The number of likely N-dealkylation sites (N-methyl/N-ethyl adjacent to an activating group) is 1. The molecule has 1 aliphatic heterocycles. The van der Waals surface area contributed by atoms with Gasteiger partial charge in [-0.15, -0.1) is 11.3 Å². The normalized spacial score (nSPS) is 22.6. The Kier molecular flexibility index (Phi) is 5.95. The maximum atomic E-state index is 13.3. The fourth-order valence-electron chi connectivity index (χ4n) is 2.75. The standard InChI is InChI=1S/C16H16BrClFN3O3S2/c1-8-10(17)6-15(26-8)13-7-14(22(2)27(24,25)21-13)16(23)20-9-3-4-12(19)11(18)5-9/h3-6,13-14,21H,7H2,1-2H3,(H,20,23). The number of anilines is 1. The molecule has 0 saturated carbocycles. The Hall–Kier alpha value is -1.04. The highest BCUT2D eigenvalue weighted by Crippen LogP contribution is 2.36. The predicted molar refractivity (Wildman–Crippen MR) is 108 cm³/mol. The molecule has 3 rings (SSSR count). The van der Waals surface area contributed by atoms with Crippen LogP contribution in [0.15, 0.2) is 28.7 Å². The van der Waals surface area contributed by atoms with E-state index in [2.05, 4.69) is 26.0 Å². The minimum Gasteiger partial charge on any atom is -0.325 e. The summed E-state index contributed by atoms with van der Waals surface area (Å²) < 4.78 is 42.7. The van der Waals surface area contributed by atoms with E-state index in [1.807, 2.05) is 13.0 Å². The molecule has 0 aliphatic carbocycles. The molecule has 2 heterocycles. The van der Waals surface area contributed by atoms with Crippen molar-refractivity contribution in [1.29, 1.82) is 0 Å². The number of nitrogens with zero attached hydrogens (tertiary/aromatic N) is 1. The highest BCUT2D eigenvalue weighted by Gasteiger charge is 2.41. The van der Waals surface area contributed by atoms with Crippen LogP contribution in [0.25, 0.3) is 0 Å². The van der Waals surface area contributed by atoms with Crippen molar-refractivity contribution in [3.63, 3.8) is 0 Å². The third-order valence-electron chi connectivity index (χ3n) is 4.28. The SMILES string of the molecule is Cc1sc(C2CC(C(=O)Nc3ccc(F)c(Cl)c3)N(C)S(=O)(=O)N2)cc1Br. The molecule has 1 fully saturated rings. The number of carbonyl (C=O) groups excluding carboxylic acids is 1. The van der Waals surface area contributed by atoms with Crippen LogP contribution in [-0.2, 0) is 15.0 Å². The Balaban J connectivity index is 1.85. The number of nitrogens with one attached hydrogen (secondary N) is 2. The monoisotopic (exact) mass is 495 g/mol. The molecule has 0 radical (unpaired) electrons. The molecule has 1 aromatic carbocycles. The first-order chi connectivity index (χ1) is 12.6. The van der Waals surface area contributed by atoms with Crippen LogP contribution in [0.4, 0.5) is 10.1 Å². The highest BCUT2D eigenvalue weighted by molar-refractivity contribution is 9.10. The van der Waals surface area contributed by atoms with Crippen molar-refractivity contribution in [3.05, 3.63) is 49.3 Å². The molecular formula is C16H16BrClFN3O3S2. The van der Waals surface area contributed by atoms with Gasteiger partial charge in [0.15, 0.2) is 0 Å². The van der Waals surface area contributed by atoms with Crippen molar-refractivity contribution in [3.8, 4) is 0 Å². The number of halogens is 3. The van der Waals surface area contributed by atoms with E-state index < -0.39 is 34.0 Å². The lowest BCUT2D eigenvalue weighted by Crippen LogP contribution is -2.55. The second-order valence-corrected chi connectivity index (χ2v) is 10.4. The Morgan fingerprint density at radius 3 is 2.74 bits per heavy atom. The van der Waals surface area contributed by atoms with Crippen molar-refractivity contribution in [2.75, 3.05) is 12.4 Å². The summed E-state index contributed by atoms with van der Waals surface area (Å²) in [4.78, 5) is 14.6. The smallest absolute Gasteiger partial charge is 0.280 e. The van der Waals surface area contributed by atoms with Gasteiger partial charge in [-0.25, -0.2) is 4.39 Å². The fraction of sp³-hybridized carbons (Fsp3) is 0.312. The number of hydrogen-bond acceptors (Lipinski definition) is 4. The van der Waals surface area contributed by atoms with E-state index in [1.165, 1.54) is 30.5 Å². The van der Waals surface area contributed by atoms with E-state index in [4.69, 9.17) is 11.6 Å². The summed E-state index contributed by atoms with van der Waals surface area (Å²) in [5.41, 5.74) is 0.294. The fourth-order valence-corrected chi connectivity index (χ4v) is 5.90. The van der Waals surface area contributed by atoms with Gasteiger partial charge >= 0.3 is 0 Å². The molecule has 11 heteroatoms. The van der Waals surface area contributed by atoms with Gasteiger partial charge in [0.2, 0.25) is 5.91 Å². The van der Waals surface area contributed by atoms with Crippen molar-refractivity contribution < 1.29 is 17.6 Å². The molecule has 2 aromatic rings. The van der Waals surface area contributed by atoms with Crippen LogP contribution < -0.4 is 10.0 Å².